The summed E-state index contributed by atoms with van der Waals surface area (Å²) >= 11 is 1.40. The lowest BCUT2D eigenvalue weighted by Gasteiger charge is -2.27. The first-order chi connectivity index (χ1) is 20.4. The average Bonchev–Trinajstić information content (AvgIpc) is 3.49. The number of aromatic nitrogens is 4. The van der Waals surface area contributed by atoms with E-state index in [1.165, 1.54) is 11.3 Å². The molecule has 1 aromatic carbocycles. The molecule has 2 aliphatic heterocycles. The number of morpholine rings is 1. The number of anilines is 3. The van der Waals surface area contributed by atoms with Gasteiger partial charge in [0, 0.05) is 72.9 Å². The lowest BCUT2D eigenvalue weighted by Crippen LogP contribution is -2.36. The lowest BCUT2D eigenvalue weighted by molar-refractivity contribution is -0.117. The van der Waals surface area contributed by atoms with Gasteiger partial charge < -0.3 is 19.4 Å². The number of thiophene rings is 1. The van der Waals surface area contributed by atoms with Gasteiger partial charge in [-0.3, -0.25) is 14.5 Å². The predicted octanol–water partition coefficient (Wildman–Crippen LogP) is 4.16. The molecule has 2 fully saturated rings. The first-order valence-electron chi connectivity index (χ1n) is 13.8. The summed E-state index contributed by atoms with van der Waals surface area (Å²) in [5, 5.41) is 9.87. The molecular weight excluding hydrogens is 554 g/mol. The lowest BCUT2D eigenvalue weighted by atomic mass is 10.1. The Morgan fingerprint density at radius 3 is 2.74 bits per heavy atom. The quantitative estimate of drug-likeness (QED) is 0.267. The van der Waals surface area contributed by atoms with Gasteiger partial charge in [0.2, 0.25) is 11.4 Å². The highest BCUT2D eigenvalue weighted by Crippen LogP contribution is 2.35. The van der Waals surface area contributed by atoms with Crippen LogP contribution in [0.1, 0.15) is 18.2 Å². The minimum absolute atomic E-state index is 0.0265. The van der Waals surface area contributed by atoms with Crippen molar-refractivity contribution in [2.45, 2.75) is 26.4 Å². The zero-order chi connectivity index (χ0) is 28.8. The Hall–Kier alpha value is -4.39. The number of benzene rings is 1. The molecule has 42 heavy (non-hydrogen) atoms. The van der Waals surface area contributed by atoms with Crippen molar-refractivity contribution in [2.75, 3.05) is 43.1 Å². The highest BCUT2D eigenvalue weighted by molar-refractivity contribution is 7.17. The maximum absolute atomic E-state index is 12.8. The summed E-state index contributed by atoms with van der Waals surface area (Å²) in [4.78, 5) is 37.7. The molecule has 1 N–H and O–H groups in total. The van der Waals surface area contributed by atoms with E-state index in [9.17, 15) is 9.59 Å². The highest BCUT2D eigenvalue weighted by atomic mass is 32.1. The summed E-state index contributed by atoms with van der Waals surface area (Å²) in [6, 6.07) is 11.3. The zero-order valence-corrected chi connectivity index (χ0v) is 24.1. The summed E-state index contributed by atoms with van der Waals surface area (Å²) in [5.41, 5.74) is 5.19. The number of Topliss-reactive ketones (excluding diaryl/α,β-unsaturated/α-hetero) is 1. The van der Waals surface area contributed by atoms with Gasteiger partial charge >= 0.3 is 0 Å². The second-order valence-corrected chi connectivity index (χ2v) is 11.4. The highest BCUT2D eigenvalue weighted by Gasteiger charge is 2.38. The van der Waals surface area contributed by atoms with Crippen LogP contribution in [0.15, 0.2) is 63.4 Å². The van der Waals surface area contributed by atoms with Gasteiger partial charge in [-0.05, 0) is 31.5 Å². The summed E-state index contributed by atoms with van der Waals surface area (Å²) in [6.45, 7) is 7.70. The second kappa shape index (κ2) is 10.8. The Morgan fingerprint density at radius 1 is 1.17 bits per heavy atom. The molecule has 11 nitrogen and oxygen atoms in total. The number of fused-ring (bicyclic) bond motifs is 1. The number of nitrogens with one attached hydrogen (secondary N) is 1. The molecule has 12 heteroatoms. The van der Waals surface area contributed by atoms with Crippen LogP contribution < -0.4 is 15.6 Å². The molecule has 7 rings (SSSR count). The maximum Gasteiger partial charge on any atom is 0.229 e. The molecule has 0 amide bonds. The number of carbonyl (C=O) groups is 1. The van der Waals surface area contributed by atoms with Gasteiger partial charge in [-0.2, -0.15) is 10.1 Å². The summed E-state index contributed by atoms with van der Waals surface area (Å²) in [5.74, 6) is 1.87. The Balaban J connectivity index is 1.08. The van der Waals surface area contributed by atoms with E-state index in [1.54, 1.807) is 29.9 Å². The molecule has 0 bridgehead atoms. The smallest absolute Gasteiger partial charge is 0.229 e. The first kappa shape index (κ1) is 26.5. The number of carbonyl (C=O) groups excluding carboxylic acids is 1. The van der Waals surface area contributed by atoms with Gasteiger partial charge in [-0.15, -0.1) is 11.3 Å². The summed E-state index contributed by atoms with van der Waals surface area (Å²) in [6.07, 6.45) is 3.65. The van der Waals surface area contributed by atoms with Gasteiger partial charge in [0.1, 0.15) is 10.5 Å². The van der Waals surface area contributed by atoms with E-state index >= 15 is 0 Å². The van der Waals surface area contributed by atoms with E-state index in [4.69, 9.17) is 9.15 Å². The standard InChI is InChI=1S/C30H29N7O4S/c1-18-21(14-36-16-24(36)19(2)38)15-37(34-18)26-7-8-31-30(33-26)32-22-5-3-20(4-6-22)23-17-42-29-25(39)13-27(41-28(23)29)35-9-11-40-12-10-35/h3-8,13,15,17,24H,9-12,14,16H2,1-2H3,(H,31,32,33). The topological polar surface area (TPSA) is 118 Å². The van der Waals surface area contributed by atoms with Gasteiger partial charge in [0.15, 0.2) is 17.3 Å². The molecule has 6 heterocycles. The summed E-state index contributed by atoms with van der Waals surface area (Å²) in [7, 11) is 0. The average molecular weight is 584 g/mol. The maximum atomic E-state index is 12.8. The minimum Gasteiger partial charge on any atom is -0.439 e. The van der Waals surface area contributed by atoms with E-state index in [1.807, 2.05) is 47.7 Å². The molecule has 2 aliphatic rings. The Kier molecular flexibility index (Phi) is 6.81. The molecule has 4 aromatic heterocycles. The summed E-state index contributed by atoms with van der Waals surface area (Å²) < 4.78 is 14.1. The van der Waals surface area contributed by atoms with Gasteiger partial charge in [0.25, 0.3) is 0 Å². The molecule has 0 saturated carbocycles. The van der Waals surface area contributed by atoms with Crippen molar-refractivity contribution in [3.05, 3.63) is 75.7 Å². The third kappa shape index (κ3) is 5.20. The number of hydrogen-bond acceptors (Lipinski definition) is 11. The molecule has 0 spiro atoms. The third-order valence-corrected chi connectivity index (χ3v) is 8.61. The molecule has 214 valence electrons. The SMILES string of the molecule is CC(=O)C1CN1Cc1cn(-c2ccnc(Nc3ccc(-c4csc5c(=O)cc(N6CCOCC6)oc45)cc3)n2)nc1C. The molecular formula is C30H29N7O4S. The van der Waals surface area contributed by atoms with Crippen LogP contribution in [-0.2, 0) is 16.1 Å². The van der Waals surface area contributed by atoms with Crippen LogP contribution >= 0.6 is 11.3 Å². The van der Waals surface area contributed by atoms with Crippen LogP contribution in [0.25, 0.3) is 27.2 Å². The largest absolute Gasteiger partial charge is 0.439 e. The number of hydrogen-bond donors (Lipinski definition) is 1. The Morgan fingerprint density at radius 2 is 1.98 bits per heavy atom. The van der Waals surface area contributed by atoms with Crippen molar-refractivity contribution in [3.8, 4) is 16.9 Å². The number of aryl methyl sites for hydroxylation is 1. The van der Waals surface area contributed by atoms with Crippen molar-refractivity contribution in [2.24, 2.45) is 0 Å². The second-order valence-electron chi connectivity index (χ2n) is 10.5. The van der Waals surface area contributed by atoms with Crippen molar-refractivity contribution < 1.29 is 13.9 Å². The van der Waals surface area contributed by atoms with Gasteiger partial charge in [-0.25, -0.2) is 9.67 Å². The van der Waals surface area contributed by atoms with E-state index < -0.39 is 0 Å². The molecule has 5 aromatic rings. The van der Waals surface area contributed by atoms with Crippen LogP contribution in [0.4, 0.5) is 17.5 Å². The fourth-order valence-electron chi connectivity index (χ4n) is 5.19. The van der Waals surface area contributed by atoms with Crippen LogP contribution in [0.3, 0.4) is 0 Å². The molecule has 2 atom stereocenters. The van der Waals surface area contributed by atoms with Crippen molar-refractivity contribution in [1.82, 2.24) is 24.6 Å². The third-order valence-electron chi connectivity index (χ3n) is 7.64. The van der Waals surface area contributed by atoms with E-state index in [2.05, 4.69) is 25.3 Å². The molecule has 0 radical (unpaired) electrons. The van der Waals surface area contributed by atoms with E-state index in [0.29, 0.717) is 60.8 Å². The van der Waals surface area contributed by atoms with Crippen molar-refractivity contribution in [1.29, 1.82) is 0 Å². The number of nitrogens with zero attached hydrogens (tertiary/aromatic N) is 6. The van der Waals surface area contributed by atoms with Crippen LogP contribution in [0.5, 0.6) is 0 Å². The molecule has 2 unspecified atom stereocenters. The Bertz CT molecular complexity index is 1840. The van der Waals surface area contributed by atoms with E-state index in [-0.39, 0.29) is 17.3 Å². The normalized spacial score (nSPS) is 18.4. The number of rotatable bonds is 8. The first-order valence-corrected chi connectivity index (χ1v) is 14.7. The number of ketones is 1. The molecule has 2 saturated heterocycles. The van der Waals surface area contributed by atoms with Crippen LogP contribution in [0.2, 0.25) is 0 Å². The van der Waals surface area contributed by atoms with Crippen molar-refractivity contribution >= 4 is 44.9 Å². The predicted molar refractivity (Wildman–Crippen MR) is 161 cm³/mol. The minimum atomic E-state index is -0.0332. The van der Waals surface area contributed by atoms with Crippen LogP contribution in [-0.4, -0.2) is 69.3 Å². The zero-order valence-electron chi connectivity index (χ0n) is 23.2. The van der Waals surface area contributed by atoms with Crippen LogP contribution in [0, 0.1) is 6.92 Å². The fraction of sp³-hybridized carbons (Fsp3) is 0.300. The van der Waals surface area contributed by atoms with Crippen molar-refractivity contribution in [3.63, 3.8) is 0 Å². The molecule has 0 aliphatic carbocycles. The van der Waals surface area contributed by atoms with E-state index in [0.717, 1.165) is 34.6 Å². The fourth-order valence-corrected chi connectivity index (χ4v) is 6.10. The number of ether oxygens (including phenoxy) is 1. The van der Waals surface area contributed by atoms with Gasteiger partial charge in [0.05, 0.1) is 24.9 Å². The monoisotopic (exact) mass is 583 g/mol. The Labute approximate surface area is 245 Å². The van der Waals surface area contributed by atoms with Gasteiger partial charge in [-0.1, -0.05) is 12.1 Å².